The van der Waals surface area contributed by atoms with Crippen molar-refractivity contribution in [3.8, 4) is 11.8 Å². The Bertz CT molecular complexity index is 865. The highest BCUT2D eigenvalue weighted by atomic mass is 19.1. The molecule has 0 spiro atoms. The molecular formula is C21H19FN2O. The van der Waals surface area contributed by atoms with E-state index in [-0.39, 0.29) is 17.6 Å². The number of hydrogen-bond donors (Lipinski definition) is 0. The molecule has 2 fully saturated rings. The summed E-state index contributed by atoms with van der Waals surface area (Å²) in [6.45, 7) is 0. The number of benzene rings is 1. The fourth-order valence-electron chi connectivity index (χ4n) is 4.12. The SMILES string of the molecule is CN1C(=O)C(c2ccc(C#Cc3cccc(F)c3)cn2)[C@H]2CCC[C@H]21. The molecule has 1 unspecified atom stereocenters. The predicted molar refractivity (Wildman–Crippen MR) is 93.3 cm³/mol. The quantitative estimate of drug-likeness (QED) is 0.750. The number of pyridine rings is 1. The Morgan fingerprint density at radius 2 is 2.00 bits per heavy atom. The van der Waals surface area contributed by atoms with Crippen molar-refractivity contribution in [3.05, 3.63) is 65.2 Å². The Morgan fingerprint density at radius 1 is 1.16 bits per heavy atom. The van der Waals surface area contributed by atoms with Crippen LogP contribution in [0.5, 0.6) is 0 Å². The summed E-state index contributed by atoms with van der Waals surface area (Å²) in [5.74, 6) is 6.08. The zero-order chi connectivity index (χ0) is 17.4. The largest absolute Gasteiger partial charge is 0.342 e. The second-order valence-electron chi connectivity index (χ2n) is 6.82. The second-order valence-corrected chi connectivity index (χ2v) is 6.82. The molecule has 0 bridgehead atoms. The molecule has 1 aliphatic carbocycles. The lowest BCUT2D eigenvalue weighted by Gasteiger charge is -2.17. The van der Waals surface area contributed by atoms with E-state index in [0.717, 1.165) is 24.1 Å². The molecule has 2 aliphatic rings. The smallest absolute Gasteiger partial charge is 0.232 e. The van der Waals surface area contributed by atoms with Crippen LogP contribution in [-0.4, -0.2) is 28.9 Å². The molecule has 1 saturated carbocycles. The number of aromatic nitrogens is 1. The minimum absolute atomic E-state index is 0.122. The van der Waals surface area contributed by atoms with Gasteiger partial charge < -0.3 is 4.90 Å². The molecule has 0 radical (unpaired) electrons. The van der Waals surface area contributed by atoms with Crippen molar-refractivity contribution in [3.63, 3.8) is 0 Å². The third kappa shape index (κ3) is 2.91. The van der Waals surface area contributed by atoms with Gasteiger partial charge in [-0.2, -0.15) is 0 Å². The van der Waals surface area contributed by atoms with Crippen molar-refractivity contribution in [1.82, 2.24) is 9.88 Å². The second kappa shape index (κ2) is 6.33. The van der Waals surface area contributed by atoms with Crippen LogP contribution >= 0.6 is 0 Å². The van der Waals surface area contributed by atoms with Gasteiger partial charge >= 0.3 is 0 Å². The molecule has 0 N–H and O–H groups in total. The van der Waals surface area contributed by atoms with Gasteiger partial charge in [0.1, 0.15) is 5.82 Å². The van der Waals surface area contributed by atoms with Gasteiger partial charge in [0.2, 0.25) is 5.91 Å². The summed E-state index contributed by atoms with van der Waals surface area (Å²) in [5, 5.41) is 0. The number of rotatable bonds is 1. The molecule has 3 atom stereocenters. The highest BCUT2D eigenvalue weighted by Crippen LogP contribution is 2.45. The first kappa shape index (κ1) is 15.8. The summed E-state index contributed by atoms with van der Waals surface area (Å²) in [4.78, 5) is 19.0. The van der Waals surface area contributed by atoms with Crippen LogP contribution in [0.3, 0.4) is 0 Å². The fourth-order valence-corrected chi connectivity index (χ4v) is 4.12. The number of likely N-dealkylation sites (N-methyl/N-ethyl adjacent to an activating group) is 1. The summed E-state index contributed by atoms with van der Waals surface area (Å²) in [6.07, 6.45) is 5.08. The van der Waals surface area contributed by atoms with Crippen LogP contribution in [-0.2, 0) is 4.79 Å². The molecule has 1 amide bonds. The summed E-state index contributed by atoms with van der Waals surface area (Å²) in [6, 6.07) is 10.4. The van der Waals surface area contributed by atoms with Gasteiger partial charge in [-0.3, -0.25) is 9.78 Å². The monoisotopic (exact) mass is 334 g/mol. The highest BCUT2D eigenvalue weighted by molar-refractivity contribution is 5.86. The van der Waals surface area contributed by atoms with E-state index in [9.17, 15) is 9.18 Å². The van der Waals surface area contributed by atoms with Crippen molar-refractivity contribution >= 4 is 5.91 Å². The van der Waals surface area contributed by atoms with Gasteiger partial charge in [0.05, 0.1) is 11.6 Å². The van der Waals surface area contributed by atoms with Gasteiger partial charge in [0, 0.05) is 30.4 Å². The Labute approximate surface area is 146 Å². The van der Waals surface area contributed by atoms with Crippen LogP contribution in [0, 0.1) is 23.6 Å². The van der Waals surface area contributed by atoms with E-state index in [1.165, 1.54) is 18.6 Å². The molecule has 1 saturated heterocycles. The lowest BCUT2D eigenvalue weighted by atomic mass is 9.89. The van der Waals surface area contributed by atoms with Crippen LogP contribution in [0.25, 0.3) is 0 Å². The van der Waals surface area contributed by atoms with Gasteiger partial charge in [0.15, 0.2) is 0 Å². The maximum absolute atomic E-state index is 13.2. The van der Waals surface area contributed by atoms with Gasteiger partial charge in [0.25, 0.3) is 0 Å². The van der Waals surface area contributed by atoms with Crippen molar-refractivity contribution in [2.24, 2.45) is 5.92 Å². The minimum atomic E-state index is -0.296. The molecule has 1 aliphatic heterocycles. The third-order valence-corrected chi connectivity index (χ3v) is 5.35. The predicted octanol–water partition coefficient (Wildman–Crippen LogP) is 3.34. The maximum Gasteiger partial charge on any atom is 0.232 e. The number of hydrogen-bond acceptors (Lipinski definition) is 2. The van der Waals surface area contributed by atoms with E-state index in [0.29, 0.717) is 17.5 Å². The average Bonchev–Trinajstić information content (AvgIpc) is 3.17. The first-order chi connectivity index (χ1) is 12.1. The van der Waals surface area contributed by atoms with Crippen LogP contribution in [0.4, 0.5) is 4.39 Å². The van der Waals surface area contributed by atoms with Crippen LogP contribution in [0.2, 0.25) is 0 Å². The first-order valence-corrected chi connectivity index (χ1v) is 8.64. The van der Waals surface area contributed by atoms with Crippen molar-refractivity contribution < 1.29 is 9.18 Å². The van der Waals surface area contributed by atoms with Gasteiger partial charge in [-0.25, -0.2) is 4.39 Å². The maximum atomic E-state index is 13.2. The van der Waals surface area contributed by atoms with Crippen LogP contribution < -0.4 is 0 Å². The zero-order valence-corrected chi connectivity index (χ0v) is 14.1. The molecule has 126 valence electrons. The molecule has 3 nitrogen and oxygen atoms in total. The summed E-state index contributed by atoms with van der Waals surface area (Å²) in [5.41, 5.74) is 2.22. The van der Waals surface area contributed by atoms with Gasteiger partial charge in [-0.15, -0.1) is 0 Å². The van der Waals surface area contributed by atoms with E-state index in [1.54, 1.807) is 18.3 Å². The zero-order valence-electron chi connectivity index (χ0n) is 14.1. The van der Waals surface area contributed by atoms with E-state index < -0.39 is 0 Å². The van der Waals surface area contributed by atoms with E-state index in [2.05, 4.69) is 16.8 Å². The summed E-state index contributed by atoms with van der Waals surface area (Å²) in [7, 11) is 1.91. The van der Waals surface area contributed by atoms with Crippen molar-refractivity contribution in [2.75, 3.05) is 7.05 Å². The van der Waals surface area contributed by atoms with E-state index in [4.69, 9.17) is 0 Å². The van der Waals surface area contributed by atoms with Crippen molar-refractivity contribution in [2.45, 2.75) is 31.2 Å². The Kier molecular flexibility index (Phi) is 4.01. The van der Waals surface area contributed by atoms with E-state index in [1.807, 2.05) is 24.1 Å². The number of fused-ring (bicyclic) bond motifs is 1. The topological polar surface area (TPSA) is 33.2 Å². The molecule has 1 aromatic heterocycles. The molecule has 4 heteroatoms. The molecule has 4 rings (SSSR count). The molecule has 2 aromatic rings. The van der Waals surface area contributed by atoms with Gasteiger partial charge in [-0.05, 0) is 49.1 Å². The van der Waals surface area contributed by atoms with E-state index >= 15 is 0 Å². The number of carbonyl (C=O) groups is 1. The first-order valence-electron chi connectivity index (χ1n) is 8.64. The molecule has 25 heavy (non-hydrogen) atoms. The lowest BCUT2D eigenvalue weighted by molar-refractivity contribution is -0.129. The lowest BCUT2D eigenvalue weighted by Crippen LogP contribution is -2.29. The molecule has 2 heterocycles. The Hall–Kier alpha value is -2.67. The summed E-state index contributed by atoms with van der Waals surface area (Å²) >= 11 is 0. The normalized spacial score (nSPS) is 24.8. The van der Waals surface area contributed by atoms with Crippen LogP contribution in [0.1, 0.15) is 42.0 Å². The summed E-state index contributed by atoms with van der Waals surface area (Å²) < 4.78 is 13.2. The molecular weight excluding hydrogens is 315 g/mol. The number of carbonyl (C=O) groups excluding carboxylic acids is 1. The Morgan fingerprint density at radius 3 is 2.76 bits per heavy atom. The highest BCUT2D eigenvalue weighted by Gasteiger charge is 2.49. The van der Waals surface area contributed by atoms with Gasteiger partial charge in [-0.1, -0.05) is 24.3 Å². The third-order valence-electron chi connectivity index (χ3n) is 5.35. The standard InChI is InChI=1S/C21H19FN2O/c1-24-19-7-3-6-17(19)20(21(24)25)18-11-10-15(13-23-18)9-8-14-4-2-5-16(22)12-14/h2,4-5,10-13,17,19-20H,3,6-7H2,1H3/t17-,19+,20?/m0/s1. The number of nitrogens with zero attached hydrogens (tertiary/aromatic N) is 2. The van der Waals surface area contributed by atoms with Crippen molar-refractivity contribution in [1.29, 1.82) is 0 Å². The number of amides is 1. The molecule has 1 aromatic carbocycles. The van der Waals surface area contributed by atoms with Crippen LogP contribution in [0.15, 0.2) is 42.6 Å². The fraction of sp³-hybridized carbons (Fsp3) is 0.333. The number of likely N-dealkylation sites (tertiary alicyclic amines) is 1. The minimum Gasteiger partial charge on any atom is -0.342 e. The number of halogens is 1. The average molecular weight is 334 g/mol. The Balaban J connectivity index is 1.56.